The van der Waals surface area contributed by atoms with Crippen molar-refractivity contribution in [2.24, 2.45) is 0 Å². The van der Waals surface area contributed by atoms with Crippen LogP contribution in [-0.2, 0) is 16.6 Å². The molecule has 7 heteroatoms. The van der Waals surface area contributed by atoms with Crippen molar-refractivity contribution in [1.29, 1.82) is 0 Å². The molecule has 0 unspecified atom stereocenters. The third kappa shape index (κ3) is 3.98. The number of hydrogen-bond donors (Lipinski definition) is 0. The first-order chi connectivity index (χ1) is 12.8. The molecule has 0 N–H and O–H groups in total. The highest BCUT2D eigenvalue weighted by molar-refractivity contribution is 7.90. The van der Waals surface area contributed by atoms with Crippen molar-refractivity contribution >= 4 is 20.9 Å². The van der Waals surface area contributed by atoms with E-state index in [0.29, 0.717) is 12.1 Å². The standard InChI is InChI=1S/C20H22FN3O2S/c1-22(2)12-13-23(3)14-16-15-24(20-7-5-4-6-19(16)20)27(25,26)18-10-8-17(21)9-11-18/h4-13,15H,14H2,1-3H3. The highest BCUT2D eigenvalue weighted by Crippen LogP contribution is 2.27. The van der Waals surface area contributed by atoms with E-state index in [1.807, 2.05) is 55.5 Å². The number of benzene rings is 2. The number of para-hydroxylation sites is 1. The Morgan fingerprint density at radius 2 is 1.67 bits per heavy atom. The summed E-state index contributed by atoms with van der Waals surface area (Å²) in [6.45, 7) is 0.552. The van der Waals surface area contributed by atoms with Gasteiger partial charge in [-0.15, -0.1) is 0 Å². The van der Waals surface area contributed by atoms with Gasteiger partial charge in [-0.05, 0) is 35.9 Å². The number of aromatic nitrogens is 1. The van der Waals surface area contributed by atoms with Crippen LogP contribution in [0.3, 0.4) is 0 Å². The van der Waals surface area contributed by atoms with Gasteiger partial charge in [-0.3, -0.25) is 0 Å². The molecule has 0 atom stereocenters. The average molecular weight is 387 g/mol. The van der Waals surface area contributed by atoms with Crippen molar-refractivity contribution in [3.05, 3.63) is 78.5 Å². The molecule has 2 aromatic carbocycles. The fourth-order valence-corrected chi connectivity index (χ4v) is 4.22. The highest BCUT2D eigenvalue weighted by Gasteiger charge is 2.21. The summed E-state index contributed by atoms with van der Waals surface area (Å²) in [6, 6.07) is 12.2. The Kier molecular flexibility index (Phi) is 5.23. The molecule has 3 aromatic rings. The van der Waals surface area contributed by atoms with Gasteiger partial charge in [-0.1, -0.05) is 18.2 Å². The molecule has 27 heavy (non-hydrogen) atoms. The zero-order chi connectivity index (χ0) is 19.6. The largest absolute Gasteiger partial charge is 0.382 e. The minimum Gasteiger partial charge on any atom is -0.382 e. The maximum Gasteiger partial charge on any atom is 0.268 e. The van der Waals surface area contributed by atoms with Crippen LogP contribution in [0.5, 0.6) is 0 Å². The Labute approximate surface area is 159 Å². The topological polar surface area (TPSA) is 45.5 Å². The van der Waals surface area contributed by atoms with E-state index in [-0.39, 0.29) is 4.90 Å². The first-order valence-corrected chi connectivity index (χ1v) is 9.88. The zero-order valence-electron chi connectivity index (χ0n) is 15.5. The van der Waals surface area contributed by atoms with Gasteiger partial charge in [0, 0.05) is 51.7 Å². The number of nitrogens with zero attached hydrogens (tertiary/aromatic N) is 3. The zero-order valence-corrected chi connectivity index (χ0v) is 16.3. The van der Waals surface area contributed by atoms with Gasteiger partial charge in [0.2, 0.25) is 0 Å². The van der Waals surface area contributed by atoms with Crippen LogP contribution in [0.25, 0.3) is 10.9 Å². The molecule has 0 saturated heterocycles. The second kappa shape index (κ2) is 7.44. The molecule has 0 aliphatic carbocycles. The summed E-state index contributed by atoms with van der Waals surface area (Å²) in [5.74, 6) is -0.471. The smallest absolute Gasteiger partial charge is 0.268 e. The molecule has 0 radical (unpaired) electrons. The van der Waals surface area contributed by atoms with E-state index in [4.69, 9.17) is 0 Å². The van der Waals surface area contributed by atoms with Crippen molar-refractivity contribution in [3.8, 4) is 0 Å². The minimum atomic E-state index is -3.82. The van der Waals surface area contributed by atoms with E-state index >= 15 is 0 Å². The Morgan fingerprint density at radius 3 is 2.33 bits per heavy atom. The molecule has 1 heterocycles. The van der Waals surface area contributed by atoms with Crippen molar-refractivity contribution < 1.29 is 12.8 Å². The number of hydrogen-bond acceptors (Lipinski definition) is 4. The molecular weight excluding hydrogens is 365 g/mol. The Morgan fingerprint density at radius 1 is 1.00 bits per heavy atom. The monoisotopic (exact) mass is 387 g/mol. The summed E-state index contributed by atoms with van der Waals surface area (Å²) >= 11 is 0. The summed E-state index contributed by atoms with van der Waals surface area (Å²) in [6.07, 6.45) is 5.50. The van der Waals surface area contributed by atoms with Crippen LogP contribution in [0.2, 0.25) is 0 Å². The van der Waals surface area contributed by atoms with Crippen LogP contribution in [0.15, 0.2) is 72.0 Å². The molecule has 0 fully saturated rings. The van der Waals surface area contributed by atoms with E-state index < -0.39 is 15.8 Å². The SMILES string of the molecule is CN(C)C=CN(C)Cc1cn(S(=O)(=O)c2ccc(F)cc2)c2ccccc12. The summed E-state index contributed by atoms with van der Waals surface area (Å²) < 4.78 is 40.6. The summed E-state index contributed by atoms with van der Waals surface area (Å²) in [5.41, 5.74) is 1.49. The molecule has 0 saturated carbocycles. The third-order valence-electron chi connectivity index (χ3n) is 4.17. The number of fused-ring (bicyclic) bond motifs is 1. The van der Waals surface area contributed by atoms with Gasteiger partial charge >= 0.3 is 0 Å². The Bertz CT molecular complexity index is 1070. The first-order valence-electron chi connectivity index (χ1n) is 8.44. The molecule has 0 bridgehead atoms. The maximum atomic E-state index is 13.2. The van der Waals surface area contributed by atoms with E-state index in [1.165, 1.54) is 16.1 Å². The molecule has 0 aliphatic heterocycles. The second-order valence-corrected chi connectivity index (χ2v) is 8.42. The summed E-state index contributed by atoms with van der Waals surface area (Å²) in [5, 5.41) is 0.869. The van der Waals surface area contributed by atoms with Gasteiger partial charge in [-0.2, -0.15) is 0 Å². The maximum absolute atomic E-state index is 13.2. The average Bonchev–Trinajstić information content (AvgIpc) is 3.00. The lowest BCUT2D eigenvalue weighted by atomic mass is 10.2. The molecule has 0 amide bonds. The minimum absolute atomic E-state index is 0.0528. The quantitative estimate of drug-likeness (QED) is 0.650. The van der Waals surface area contributed by atoms with Crippen LogP contribution in [0, 0.1) is 5.82 Å². The predicted octanol–water partition coefficient (Wildman–Crippen LogP) is 3.48. The van der Waals surface area contributed by atoms with Gasteiger partial charge in [0.1, 0.15) is 5.82 Å². The molecule has 142 valence electrons. The van der Waals surface area contributed by atoms with Crippen LogP contribution < -0.4 is 0 Å². The third-order valence-corrected chi connectivity index (χ3v) is 5.86. The van der Waals surface area contributed by atoms with Crippen molar-refractivity contribution in [1.82, 2.24) is 13.8 Å². The first kappa shape index (κ1) is 19.0. The summed E-state index contributed by atoms with van der Waals surface area (Å²) in [7, 11) is 1.99. The lowest BCUT2D eigenvalue weighted by molar-refractivity contribution is 0.436. The molecule has 3 rings (SSSR count). The highest BCUT2D eigenvalue weighted by atomic mass is 32.2. The van der Waals surface area contributed by atoms with E-state index in [1.54, 1.807) is 18.3 Å². The second-order valence-electron chi connectivity index (χ2n) is 6.60. The van der Waals surface area contributed by atoms with E-state index in [2.05, 4.69) is 0 Å². The fourth-order valence-electron chi connectivity index (χ4n) is 2.83. The van der Waals surface area contributed by atoms with Gasteiger partial charge in [0.05, 0.1) is 10.4 Å². The predicted molar refractivity (Wildman–Crippen MR) is 105 cm³/mol. The lowest BCUT2D eigenvalue weighted by Crippen LogP contribution is -2.13. The van der Waals surface area contributed by atoms with Crippen LogP contribution in [0.4, 0.5) is 4.39 Å². The van der Waals surface area contributed by atoms with Gasteiger partial charge < -0.3 is 9.80 Å². The summed E-state index contributed by atoms with van der Waals surface area (Å²) in [4.78, 5) is 3.96. The molecule has 1 aromatic heterocycles. The van der Waals surface area contributed by atoms with Crippen LogP contribution in [-0.4, -0.2) is 43.3 Å². The fraction of sp³-hybridized carbons (Fsp3) is 0.200. The molecule has 0 spiro atoms. The van der Waals surface area contributed by atoms with Crippen LogP contribution >= 0.6 is 0 Å². The van der Waals surface area contributed by atoms with Crippen molar-refractivity contribution in [2.45, 2.75) is 11.4 Å². The van der Waals surface area contributed by atoms with Gasteiger partial charge in [-0.25, -0.2) is 16.8 Å². The van der Waals surface area contributed by atoms with E-state index in [0.717, 1.165) is 23.1 Å². The lowest BCUT2D eigenvalue weighted by Gasteiger charge is -2.14. The number of rotatable bonds is 6. The van der Waals surface area contributed by atoms with Crippen molar-refractivity contribution in [3.63, 3.8) is 0 Å². The van der Waals surface area contributed by atoms with E-state index in [9.17, 15) is 12.8 Å². The Hall–Kier alpha value is -2.80. The normalized spacial score (nSPS) is 12.0. The molecule has 0 aliphatic rings. The van der Waals surface area contributed by atoms with Crippen LogP contribution in [0.1, 0.15) is 5.56 Å². The van der Waals surface area contributed by atoms with Crippen molar-refractivity contribution in [2.75, 3.05) is 21.1 Å². The molecule has 5 nitrogen and oxygen atoms in total. The Balaban J connectivity index is 2.06. The van der Waals surface area contributed by atoms with Gasteiger partial charge in [0.15, 0.2) is 0 Å². The molecular formula is C20H22FN3O2S. The van der Waals surface area contributed by atoms with Gasteiger partial charge in [0.25, 0.3) is 10.0 Å². The number of halogens is 1.